The zero-order chi connectivity index (χ0) is 20.8. The zero-order valence-corrected chi connectivity index (χ0v) is 18.4. The van der Waals surface area contributed by atoms with E-state index < -0.39 is 0 Å². The number of hydrogen-bond donors (Lipinski definition) is 2. The van der Waals surface area contributed by atoms with Gasteiger partial charge in [-0.25, -0.2) is 0 Å². The molecule has 2 saturated heterocycles. The summed E-state index contributed by atoms with van der Waals surface area (Å²) in [6.45, 7) is 3.67. The highest BCUT2D eigenvalue weighted by Crippen LogP contribution is 2.32. The number of nitrogens with zero attached hydrogens (tertiary/aromatic N) is 3. The Morgan fingerprint density at radius 2 is 1.97 bits per heavy atom. The van der Waals surface area contributed by atoms with Crippen molar-refractivity contribution in [2.75, 3.05) is 34.2 Å². The van der Waals surface area contributed by atoms with E-state index in [-0.39, 0.29) is 5.91 Å². The van der Waals surface area contributed by atoms with E-state index in [0.29, 0.717) is 24.7 Å². The van der Waals surface area contributed by atoms with Crippen molar-refractivity contribution in [3.63, 3.8) is 0 Å². The molecule has 6 heteroatoms. The van der Waals surface area contributed by atoms with Gasteiger partial charge < -0.3 is 20.4 Å². The molecule has 0 radical (unpaired) electrons. The van der Waals surface area contributed by atoms with Crippen LogP contribution in [0.5, 0.6) is 0 Å². The Kier molecular flexibility index (Phi) is 7.53. The smallest absolute Gasteiger partial charge is 0.253 e. The molecule has 2 atom stereocenters. The van der Waals surface area contributed by atoms with Crippen LogP contribution < -0.4 is 10.6 Å². The molecular formula is C23H37N5O. The number of benzene rings is 1. The van der Waals surface area contributed by atoms with Gasteiger partial charge in [0.05, 0.1) is 0 Å². The third kappa shape index (κ3) is 5.72. The molecule has 2 bridgehead atoms. The van der Waals surface area contributed by atoms with E-state index in [1.807, 2.05) is 18.2 Å². The number of hydrogen-bond acceptors (Lipinski definition) is 3. The van der Waals surface area contributed by atoms with E-state index in [9.17, 15) is 4.79 Å². The number of carbonyl (C=O) groups is 1. The zero-order valence-electron chi connectivity index (χ0n) is 18.4. The molecule has 29 heavy (non-hydrogen) atoms. The summed E-state index contributed by atoms with van der Waals surface area (Å²) in [7, 11) is 5.86. The van der Waals surface area contributed by atoms with Crippen molar-refractivity contribution in [1.82, 2.24) is 20.4 Å². The third-order valence-electron chi connectivity index (χ3n) is 6.28. The summed E-state index contributed by atoms with van der Waals surface area (Å²) in [6, 6.07) is 9.80. The summed E-state index contributed by atoms with van der Waals surface area (Å²) in [6.07, 6.45) is 7.24. The first-order chi connectivity index (χ1) is 14.0. The Labute approximate surface area is 175 Å². The molecular weight excluding hydrogens is 362 g/mol. The molecule has 0 saturated carbocycles. The van der Waals surface area contributed by atoms with Crippen LogP contribution in [0.2, 0.25) is 0 Å². The largest absolute Gasteiger partial charge is 0.357 e. The van der Waals surface area contributed by atoms with Gasteiger partial charge >= 0.3 is 0 Å². The monoisotopic (exact) mass is 399 g/mol. The van der Waals surface area contributed by atoms with Gasteiger partial charge in [-0.2, -0.15) is 0 Å². The number of fused-ring (bicyclic) bond motifs is 2. The van der Waals surface area contributed by atoms with Gasteiger partial charge in [-0.15, -0.1) is 0 Å². The maximum absolute atomic E-state index is 12.2. The van der Waals surface area contributed by atoms with Gasteiger partial charge in [0.25, 0.3) is 5.91 Å². The summed E-state index contributed by atoms with van der Waals surface area (Å²) >= 11 is 0. The average Bonchev–Trinajstić information content (AvgIpc) is 2.68. The maximum atomic E-state index is 12.2. The van der Waals surface area contributed by atoms with Crippen molar-refractivity contribution in [1.29, 1.82) is 0 Å². The molecule has 1 amide bonds. The predicted octanol–water partition coefficient (Wildman–Crippen LogP) is 2.50. The van der Waals surface area contributed by atoms with E-state index >= 15 is 0 Å². The number of amides is 1. The normalized spacial score (nSPS) is 24.8. The number of carbonyl (C=O) groups excluding carboxylic acids is 1. The molecule has 160 valence electrons. The Bertz CT molecular complexity index is 703. The lowest BCUT2D eigenvalue weighted by molar-refractivity contribution is 0.0526. The van der Waals surface area contributed by atoms with Gasteiger partial charge in [0, 0.05) is 50.9 Å². The fraction of sp³-hybridized carbons (Fsp3) is 0.652. The van der Waals surface area contributed by atoms with Crippen LogP contribution in [-0.2, 0) is 6.42 Å². The molecule has 6 nitrogen and oxygen atoms in total. The first kappa shape index (κ1) is 21.6. The average molecular weight is 400 g/mol. The van der Waals surface area contributed by atoms with E-state index in [0.717, 1.165) is 30.1 Å². The summed E-state index contributed by atoms with van der Waals surface area (Å²) in [4.78, 5) is 21.2. The van der Waals surface area contributed by atoms with Gasteiger partial charge in [-0.3, -0.25) is 9.79 Å². The number of nitrogens with one attached hydrogen (secondary N) is 2. The molecule has 2 fully saturated rings. The lowest BCUT2D eigenvalue weighted by Gasteiger charge is -2.47. The van der Waals surface area contributed by atoms with Crippen LogP contribution in [0.25, 0.3) is 0 Å². The molecule has 2 heterocycles. The number of rotatable bonds is 6. The number of aliphatic imine (C=N–C) groups is 1. The molecule has 2 N–H and O–H groups in total. The second-order valence-corrected chi connectivity index (χ2v) is 8.63. The molecule has 2 aliphatic heterocycles. The highest BCUT2D eigenvalue weighted by atomic mass is 16.2. The third-order valence-corrected chi connectivity index (χ3v) is 6.28. The van der Waals surface area contributed by atoms with Gasteiger partial charge in [-0.1, -0.05) is 18.6 Å². The van der Waals surface area contributed by atoms with Crippen LogP contribution in [0.4, 0.5) is 0 Å². The van der Waals surface area contributed by atoms with Crippen molar-refractivity contribution >= 4 is 11.9 Å². The van der Waals surface area contributed by atoms with Crippen LogP contribution in [0, 0.1) is 0 Å². The molecule has 2 unspecified atom stereocenters. The molecule has 0 aromatic heterocycles. The van der Waals surface area contributed by atoms with Crippen molar-refractivity contribution in [3.8, 4) is 0 Å². The molecule has 3 rings (SSSR count). The van der Waals surface area contributed by atoms with E-state index in [1.54, 1.807) is 19.0 Å². The Morgan fingerprint density at radius 1 is 1.24 bits per heavy atom. The quantitative estimate of drug-likeness (QED) is 0.570. The molecule has 0 spiro atoms. The van der Waals surface area contributed by atoms with E-state index in [2.05, 4.69) is 35.6 Å². The van der Waals surface area contributed by atoms with Crippen LogP contribution in [-0.4, -0.2) is 74.0 Å². The van der Waals surface area contributed by atoms with Crippen molar-refractivity contribution in [2.45, 2.75) is 63.6 Å². The van der Waals surface area contributed by atoms with E-state index in [4.69, 9.17) is 4.99 Å². The Morgan fingerprint density at radius 3 is 2.62 bits per heavy atom. The predicted molar refractivity (Wildman–Crippen MR) is 119 cm³/mol. The molecule has 0 aliphatic carbocycles. The van der Waals surface area contributed by atoms with Gasteiger partial charge in [0.2, 0.25) is 0 Å². The maximum Gasteiger partial charge on any atom is 0.253 e. The Balaban J connectivity index is 1.57. The fourth-order valence-corrected chi connectivity index (χ4v) is 4.66. The van der Waals surface area contributed by atoms with Crippen LogP contribution in [0.3, 0.4) is 0 Å². The van der Waals surface area contributed by atoms with Crippen molar-refractivity contribution in [2.24, 2.45) is 4.99 Å². The van der Waals surface area contributed by atoms with Crippen LogP contribution in [0.15, 0.2) is 29.3 Å². The lowest BCUT2D eigenvalue weighted by Crippen LogP contribution is -2.56. The first-order valence-electron chi connectivity index (χ1n) is 11.0. The summed E-state index contributed by atoms with van der Waals surface area (Å²) in [5, 5.41) is 7.09. The second-order valence-electron chi connectivity index (χ2n) is 8.63. The van der Waals surface area contributed by atoms with Gasteiger partial charge in [-0.05, 0) is 63.8 Å². The summed E-state index contributed by atoms with van der Waals surface area (Å²) in [5.41, 5.74) is 1.88. The SMILES string of the molecule is CCNC(=NCCc1cccc(C(=O)N(C)C)c1)NC1CC2CCCC(C1)N2C. The lowest BCUT2D eigenvalue weighted by atomic mass is 9.82. The Hall–Kier alpha value is -2.08. The van der Waals surface area contributed by atoms with E-state index in [1.165, 1.54) is 32.1 Å². The standard InChI is InChI=1S/C23H37N5O/c1-5-24-23(26-19-15-20-10-7-11-21(16-19)28(20)4)25-13-12-17-8-6-9-18(14-17)22(29)27(2)3/h6,8-9,14,19-21H,5,7,10-13,15-16H2,1-4H3,(H2,24,25,26). The minimum atomic E-state index is 0.0400. The minimum absolute atomic E-state index is 0.0400. The summed E-state index contributed by atoms with van der Waals surface area (Å²) < 4.78 is 0. The fourth-order valence-electron chi connectivity index (χ4n) is 4.66. The number of guanidine groups is 1. The van der Waals surface area contributed by atoms with Crippen LogP contribution >= 0.6 is 0 Å². The van der Waals surface area contributed by atoms with Crippen molar-refractivity contribution < 1.29 is 4.79 Å². The molecule has 2 aliphatic rings. The highest BCUT2D eigenvalue weighted by molar-refractivity contribution is 5.94. The minimum Gasteiger partial charge on any atom is -0.357 e. The first-order valence-corrected chi connectivity index (χ1v) is 11.0. The molecule has 1 aromatic carbocycles. The highest BCUT2D eigenvalue weighted by Gasteiger charge is 2.36. The second kappa shape index (κ2) is 10.1. The van der Waals surface area contributed by atoms with Crippen LogP contribution in [0.1, 0.15) is 54.9 Å². The topological polar surface area (TPSA) is 60.0 Å². The summed E-state index contributed by atoms with van der Waals surface area (Å²) in [5.74, 6) is 0.957. The van der Waals surface area contributed by atoms with Gasteiger partial charge in [0.1, 0.15) is 0 Å². The number of piperidine rings is 2. The van der Waals surface area contributed by atoms with Crippen molar-refractivity contribution in [3.05, 3.63) is 35.4 Å². The molecule has 1 aromatic rings. The van der Waals surface area contributed by atoms with Gasteiger partial charge in [0.15, 0.2) is 5.96 Å².